The SMILES string of the molecule is COc1cc(C(=O)c2ccc(Cl)c(Cl)c2)cc(OC)c1OC. The predicted molar refractivity (Wildman–Crippen MR) is 86.0 cm³/mol. The van der Waals surface area contributed by atoms with Crippen molar-refractivity contribution in [2.24, 2.45) is 0 Å². The minimum Gasteiger partial charge on any atom is -0.493 e. The molecule has 6 heteroatoms. The number of ether oxygens (including phenoxy) is 3. The van der Waals surface area contributed by atoms with Gasteiger partial charge in [-0.25, -0.2) is 0 Å². The number of benzene rings is 2. The summed E-state index contributed by atoms with van der Waals surface area (Å²) in [6.45, 7) is 0. The lowest BCUT2D eigenvalue weighted by Gasteiger charge is -2.13. The monoisotopic (exact) mass is 340 g/mol. The lowest BCUT2D eigenvalue weighted by Crippen LogP contribution is -2.04. The number of halogens is 2. The summed E-state index contributed by atoms with van der Waals surface area (Å²) >= 11 is 11.8. The summed E-state index contributed by atoms with van der Waals surface area (Å²) in [7, 11) is 4.48. The summed E-state index contributed by atoms with van der Waals surface area (Å²) in [4.78, 5) is 12.6. The van der Waals surface area contributed by atoms with Crippen molar-refractivity contribution in [3.63, 3.8) is 0 Å². The molecule has 116 valence electrons. The van der Waals surface area contributed by atoms with Crippen molar-refractivity contribution >= 4 is 29.0 Å². The van der Waals surface area contributed by atoms with Gasteiger partial charge in [-0.1, -0.05) is 23.2 Å². The highest BCUT2D eigenvalue weighted by atomic mass is 35.5. The quantitative estimate of drug-likeness (QED) is 0.763. The van der Waals surface area contributed by atoms with Gasteiger partial charge in [0.25, 0.3) is 0 Å². The highest BCUT2D eigenvalue weighted by Gasteiger charge is 2.18. The molecule has 0 aliphatic carbocycles. The van der Waals surface area contributed by atoms with Gasteiger partial charge in [0.05, 0.1) is 31.4 Å². The van der Waals surface area contributed by atoms with Gasteiger partial charge in [-0.3, -0.25) is 4.79 Å². The van der Waals surface area contributed by atoms with E-state index in [9.17, 15) is 4.79 Å². The molecule has 0 aromatic heterocycles. The predicted octanol–water partition coefficient (Wildman–Crippen LogP) is 4.25. The van der Waals surface area contributed by atoms with Gasteiger partial charge in [-0.2, -0.15) is 0 Å². The first-order valence-electron chi connectivity index (χ1n) is 6.31. The molecule has 0 bridgehead atoms. The van der Waals surface area contributed by atoms with E-state index in [0.29, 0.717) is 38.4 Å². The molecule has 4 nitrogen and oxygen atoms in total. The van der Waals surface area contributed by atoms with E-state index in [-0.39, 0.29) is 5.78 Å². The molecule has 0 unspecified atom stereocenters. The first-order valence-corrected chi connectivity index (χ1v) is 7.07. The fraction of sp³-hybridized carbons (Fsp3) is 0.188. The van der Waals surface area contributed by atoms with Crippen molar-refractivity contribution in [3.05, 3.63) is 51.5 Å². The van der Waals surface area contributed by atoms with Gasteiger partial charge in [0.15, 0.2) is 17.3 Å². The smallest absolute Gasteiger partial charge is 0.203 e. The molecule has 2 aromatic carbocycles. The zero-order chi connectivity index (χ0) is 16.3. The minimum atomic E-state index is -0.224. The fourth-order valence-corrected chi connectivity index (χ4v) is 2.31. The maximum Gasteiger partial charge on any atom is 0.203 e. The van der Waals surface area contributed by atoms with Crippen LogP contribution in [0.25, 0.3) is 0 Å². The van der Waals surface area contributed by atoms with Crippen molar-refractivity contribution in [1.82, 2.24) is 0 Å². The Balaban J connectivity index is 2.51. The topological polar surface area (TPSA) is 44.8 Å². The first kappa shape index (κ1) is 16.5. The van der Waals surface area contributed by atoms with Crippen LogP contribution in [-0.4, -0.2) is 27.1 Å². The first-order chi connectivity index (χ1) is 10.5. The average molecular weight is 341 g/mol. The van der Waals surface area contributed by atoms with Crippen LogP contribution in [0.5, 0.6) is 17.2 Å². The Morgan fingerprint density at radius 2 is 1.41 bits per heavy atom. The molecular weight excluding hydrogens is 327 g/mol. The third-order valence-electron chi connectivity index (χ3n) is 3.11. The van der Waals surface area contributed by atoms with Crippen molar-refractivity contribution in [2.75, 3.05) is 21.3 Å². The number of hydrogen-bond donors (Lipinski definition) is 0. The fourth-order valence-electron chi connectivity index (χ4n) is 2.02. The lowest BCUT2D eigenvalue weighted by atomic mass is 10.0. The Morgan fingerprint density at radius 3 is 1.86 bits per heavy atom. The summed E-state index contributed by atoms with van der Waals surface area (Å²) in [6.07, 6.45) is 0. The normalized spacial score (nSPS) is 10.2. The minimum absolute atomic E-state index is 0.224. The molecule has 0 aliphatic rings. The molecule has 0 radical (unpaired) electrons. The molecule has 0 spiro atoms. The highest BCUT2D eigenvalue weighted by Crippen LogP contribution is 2.38. The second kappa shape index (κ2) is 6.90. The lowest BCUT2D eigenvalue weighted by molar-refractivity contribution is 0.103. The van der Waals surface area contributed by atoms with Crippen LogP contribution in [0.2, 0.25) is 10.0 Å². The van der Waals surface area contributed by atoms with Crippen LogP contribution < -0.4 is 14.2 Å². The van der Waals surface area contributed by atoms with Crippen LogP contribution in [0.15, 0.2) is 30.3 Å². The maximum atomic E-state index is 12.6. The van der Waals surface area contributed by atoms with E-state index >= 15 is 0 Å². The van der Waals surface area contributed by atoms with Gasteiger partial charge in [0.2, 0.25) is 5.75 Å². The second-order valence-electron chi connectivity index (χ2n) is 4.37. The zero-order valence-corrected chi connectivity index (χ0v) is 13.8. The summed E-state index contributed by atoms with van der Waals surface area (Å²) in [5.74, 6) is 1.02. The van der Waals surface area contributed by atoms with Gasteiger partial charge < -0.3 is 14.2 Å². The van der Waals surface area contributed by atoms with Crippen LogP contribution >= 0.6 is 23.2 Å². The van der Waals surface area contributed by atoms with Gasteiger partial charge >= 0.3 is 0 Å². The largest absolute Gasteiger partial charge is 0.493 e. The van der Waals surface area contributed by atoms with Crippen LogP contribution in [0.4, 0.5) is 0 Å². The molecule has 0 N–H and O–H groups in total. The Kier molecular flexibility index (Phi) is 5.16. The molecule has 0 aliphatic heterocycles. The number of carbonyl (C=O) groups excluding carboxylic acids is 1. The molecule has 2 aromatic rings. The number of ketones is 1. The molecule has 0 saturated heterocycles. The van der Waals surface area contributed by atoms with E-state index in [2.05, 4.69) is 0 Å². The van der Waals surface area contributed by atoms with E-state index in [0.717, 1.165) is 0 Å². The van der Waals surface area contributed by atoms with Crippen molar-refractivity contribution < 1.29 is 19.0 Å². The van der Waals surface area contributed by atoms with Crippen molar-refractivity contribution in [1.29, 1.82) is 0 Å². The van der Waals surface area contributed by atoms with E-state index in [1.54, 1.807) is 24.3 Å². The van der Waals surface area contributed by atoms with E-state index in [1.165, 1.54) is 27.4 Å². The number of hydrogen-bond acceptors (Lipinski definition) is 4. The molecule has 0 amide bonds. The maximum absolute atomic E-state index is 12.6. The Hall–Kier alpha value is -1.91. The summed E-state index contributed by atoms with van der Waals surface area (Å²) < 4.78 is 15.7. The van der Waals surface area contributed by atoms with E-state index < -0.39 is 0 Å². The van der Waals surface area contributed by atoms with Gasteiger partial charge in [0.1, 0.15) is 0 Å². The zero-order valence-electron chi connectivity index (χ0n) is 12.3. The average Bonchev–Trinajstić information content (AvgIpc) is 2.55. The summed E-state index contributed by atoms with van der Waals surface area (Å²) in [6, 6.07) is 7.89. The van der Waals surface area contributed by atoms with Crippen LogP contribution in [0.1, 0.15) is 15.9 Å². The molecule has 2 rings (SSSR count). The third-order valence-corrected chi connectivity index (χ3v) is 3.85. The van der Waals surface area contributed by atoms with Gasteiger partial charge in [0, 0.05) is 11.1 Å². The molecule has 0 heterocycles. The van der Waals surface area contributed by atoms with E-state index in [1.807, 2.05) is 0 Å². The molecule has 0 saturated carbocycles. The van der Waals surface area contributed by atoms with Crippen LogP contribution in [0.3, 0.4) is 0 Å². The molecule has 0 fully saturated rings. The van der Waals surface area contributed by atoms with Crippen LogP contribution in [0, 0.1) is 0 Å². The second-order valence-corrected chi connectivity index (χ2v) is 5.19. The van der Waals surface area contributed by atoms with Gasteiger partial charge in [-0.05, 0) is 30.3 Å². The Labute approximate surface area is 138 Å². The number of carbonyl (C=O) groups is 1. The summed E-state index contributed by atoms with van der Waals surface area (Å²) in [5, 5.41) is 0.711. The number of methoxy groups -OCH3 is 3. The molecule has 0 atom stereocenters. The Morgan fingerprint density at radius 1 is 0.818 bits per heavy atom. The Bertz CT molecular complexity index is 688. The van der Waals surface area contributed by atoms with Crippen molar-refractivity contribution in [2.45, 2.75) is 0 Å². The van der Waals surface area contributed by atoms with E-state index in [4.69, 9.17) is 37.4 Å². The van der Waals surface area contributed by atoms with Crippen molar-refractivity contribution in [3.8, 4) is 17.2 Å². The highest BCUT2D eigenvalue weighted by molar-refractivity contribution is 6.42. The standard InChI is InChI=1S/C16H14Cl2O4/c1-20-13-7-10(8-14(21-2)16(13)22-3)15(19)9-4-5-11(17)12(18)6-9/h4-8H,1-3H3. The molecular formula is C16H14Cl2O4. The third kappa shape index (κ3) is 3.13. The van der Waals surface area contributed by atoms with Crippen LogP contribution in [-0.2, 0) is 0 Å². The number of rotatable bonds is 5. The summed E-state index contributed by atoms with van der Waals surface area (Å²) in [5.41, 5.74) is 0.816. The van der Waals surface area contributed by atoms with Gasteiger partial charge in [-0.15, -0.1) is 0 Å². The molecule has 22 heavy (non-hydrogen) atoms.